The number of sulfonamides is 1. The molecule has 22 heteroatoms. The Bertz CT molecular complexity index is 2370. The minimum absolute atomic E-state index is 0.00176. The predicted octanol–water partition coefficient (Wildman–Crippen LogP) is 3.26. The number of amides is 4. The van der Waals surface area contributed by atoms with Crippen molar-refractivity contribution in [3.8, 4) is 5.75 Å². The molecular formula is C47H60N8O13S. The van der Waals surface area contributed by atoms with Crippen LogP contribution in [0.4, 0.5) is 9.59 Å². The summed E-state index contributed by atoms with van der Waals surface area (Å²) < 4.78 is 62.8. The first-order valence-electron chi connectivity index (χ1n) is 22.9. The van der Waals surface area contributed by atoms with E-state index in [1.54, 1.807) is 47.4 Å². The topological polar surface area (TPSA) is 248 Å². The Balaban J connectivity index is 0.908. The SMILES string of the molecule is COC(=O)[C@@H](Cc1ccc(OC(=O)N2CCCC2)cc1)NC(=O)[C@@H]1C[C@@H](n2cc(C(=O)NCCCOCCOCCOCCCNC(=O)OCc3ccccc3)nn2)CN1S(=O)(=O)c1ccccc1. The van der Waals surface area contributed by atoms with Crippen LogP contribution >= 0.6 is 0 Å². The Hall–Kier alpha value is -6.46. The van der Waals surface area contributed by atoms with Gasteiger partial charge in [0.25, 0.3) is 5.91 Å². The van der Waals surface area contributed by atoms with E-state index in [4.69, 9.17) is 28.4 Å². The van der Waals surface area contributed by atoms with Gasteiger partial charge in [-0.1, -0.05) is 65.9 Å². The lowest BCUT2D eigenvalue weighted by atomic mass is 10.0. The van der Waals surface area contributed by atoms with Crippen molar-refractivity contribution in [1.29, 1.82) is 0 Å². The largest absolute Gasteiger partial charge is 0.467 e. The third-order valence-corrected chi connectivity index (χ3v) is 13.1. The molecule has 2 aliphatic heterocycles. The van der Waals surface area contributed by atoms with Gasteiger partial charge in [-0.05, 0) is 67.5 Å². The van der Waals surface area contributed by atoms with E-state index in [9.17, 15) is 32.4 Å². The average molecular weight is 977 g/mol. The van der Waals surface area contributed by atoms with E-state index in [1.807, 2.05) is 30.3 Å². The lowest BCUT2D eigenvalue weighted by Gasteiger charge is -2.25. The third-order valence-electron chi connectivity index (χ3n) is 11.2. The van der Waals surface area contributed by atoms with E-state index in [0.717, 1.165) is 22.7 Å². The second-order valence-electron chi connectivity index (χ2n) is 16.2. The molecule has 0 unspecified atom stereocenters. The smallest absolute Gasteiger partial charge is 0.415 e. The highest BCUT2D eigenvalue weighted by Crippen LogP contribution is 2.33. The summed E-state index contributed by atoms with van der Waals surface area (Å²) in [6, 6.07) is 20.4. The van der Waals surface area contributed by atoms with Crippen molar-refractivity contribution >= 4 is 40.0 Å². The van der Waals surface area contributed by atoms with Crippen molar-refractivity contribution in [2.24, 2.45) is 0 Å². The van der Waals surface area contributed by atoms with Gasteiger partial charge in [-0.25, -0.2) is 27.5 Å². The number of benzene rings is 3. The molecule has 3 atom stereocenters. The highest BCUT2D eigenvalue weighted by molar-refractivity contribution is 7.89. The van der Waals surface area contributed by atoms with Gasteiger partial charge >= 0.3 is 18.2 Å². The van der Waals surface area contributed by atoms with Crippen LogP contribution in [0.15, 0.2) is 96.0 Å². The summed E-state index contributed by atoms with van der Waals surface area (Å²) in [5, 5.41) is 16.3. The molecule has 0 spiro atoms. The molecule has 1 aromatic heterocycles. The molecule has 3 heterocycles. The zero-order valence-electron chi connectivity index (χ0n) is 38.6. The van der Waals surface area contributed by atoms with Gasteiger partial charge < -0.3 is 49.3 Å². The monoisotopic (exact) mass is 976 g/mol. The summed E-state index contributed by atoms with van der Waals surface area (Å²) in [7, 11) is -3.05. The van der Waals surface area contributed by atoms with Gasteiger partial charge in [-0.15, -0.1) is 5.10 Å². The van der Waals surface area contributed by atoms with Gasteiger partial charge in [0, 0.05) is 52.4 Å². The van der Waals surface area contributed by atoms with Gasteiger partial charge in [0.1, 0.15) is 24.4 Å². The number of likely N-dealkylation sites (tertiary alicyclic amines) is 1. The molecule has 21 nitrogen and oxygen atoms in total. The molecule has 0 radical (unpaired) electrons. The number of hydrogen-bond donors (Lipinski definition) is 3. The van der Waals surface area contributed by atoms with Crippen LogP contribution < -0.4 is 20.7 Å². The van der Waals surface area contributed by atoms with Crippen LogP contribution in [0.1, 0.15) is 59.8 Å². The quantitative estimate of drug-likeness (QED) is 0.0604. The first-order chi connectivity index (χ1) is 33.5. The number of alkyl carbamates (subject to hydrolysis) is 1. The van der Waals surface area contributed by atoms with Gasteiger partial charge in [-0.2, -0.15) is 4.31 Å². The van der Waals surface area contributed by atoms with E-state index in [1.165, 1.54) is 30.1 Å². The van der Waals surface area contributed by atoms with Crippen LogP contribution in [0.25, 0.3) is 0 Å². The molecule has 2 fully saturated rings. The summed E-state index contributed by atoms with van der Waals surface area (Å²) in [5.41, 5.74) is 1.53. The number of methoxy groups -OCH3 is 1. The van der Waals surface area contributed by atoms with Crippen molar-refractivity contribution in [2.75, 3.05) is 79.5 Å². The van der Waals surface area contributed by atoms with Gasteiger partial charge in [0.05, 0.1) is 50.7 Å². The lowest BCUT2D eigenvalue weighted by molar-refractivity contribution is -0.145. The maximum Gasteiger partial charge on any atom is 0.415 e. The average Bonchev–Trinajstić information content (AvgIpc) is 4.18. The first kappa shape index (κ1) is 51.9. The fourth-order valence-electron chi connectivity index (χ4n) is 7.51. The Kier molecular flexibility index (Phi) is 20.3. The number of rotatable bonds is 26. The predicted molar refractivity (Wildman–Crippen MR) is 247 cm³/mol. The van der Waals surface area contributed by atoms with Crippen LogP contribution in [-0.4, -0.2) is 154 Å². The van der Waals surface area contributed by atoms with Crippen molar-refractivity contribution in [3.63, 3.8) is 0 Å². The molecule has 3 aromatic carbocycles. The van der Waals surface area contributed by atoms with Crippen LogP contribution in [0.3, 0.4) is 0 Å². The molecule has 4 amide bonds. The van der Waals surface area contributed by atoms with E-state index in [2.05, 4.69) is 26.3 Å². The standard InChI is InChI=1S/C47H60N8O13S/c1-63-45(58)40(30-35-16-18-38(19-17-35)68-47(60)53-22-8-9-23-53)50-44(57)42-31-37(32-55(42)69(61,62)39-14-6-3-7-15-39)54-33-41(51-52-54)43(56)48-20-10-24-64-26-28-66-29-27-65-25-11-21-49-46(59)67-34-36-12-4-2-5-13-36/h2-7,12-19,33,37,40,42H,8-11,20-32,34H2,1H3,(H,48,56)(H,49,59)(H,50,57)/t37-,40-,42+/m1/s1. The number of aromatic nitrogens is 3. The highest BCUT2D eigenvalue weighted by Gasteiger charge is 2.46. The molecule has 2 aliphatic rings. The minimum Gasteiger partial charge on any atom is -0.467 e. The van der Waals surface area contributed by atoms with E-state index < -0.39 is 58.1 Å². The summed E-state index contributed by atoms with van der Waals surface area (Å²) in [5.74, 6) is -1.65. The maximum absolute atomic E-state index is 14.1. The summed E-state index contributed by atoms with van der Waals surface area (Å²) >= 11 is 0. The molecule has 4 aromatic rings. The summed E-state index contributed by atoms with van der Waals surface area (Å²) in [4.78, 5) is 65.9. The number of carbonyl (C=O) groups excluding carboxylic acids is 5. The molecule has 0 aliphatic carbocycles. The number of nitrogens with zero attached hydrogens (tertiary/aromatic N) is 5. The van der Waals surface area contributed by atoms with Crippen molar-refractivity contribution < 1.29 is 60.8 Å². The second-order valence-corrected chi connectivity index (χ2v) is 18.1. The van der Waals surface area contributed by atoms with Crippen molar-refractivity contribution in [2.45, 2.75) is 68.2 Å². The van der Waals surface area contributed by atoms with Gasteiger partial charge in [-0.3, -0.25) is 9.59 Å². The molecular weight excluding hydrogens is 917 g/mol. The molecule has 6 rings (SSSR count). The molecule has 2 saturated heterocycles. The molecule has 0 bridgehead atoms. The molecule has 372 valence electrons. The normalized spacial score (nSPS) is 16.4. The van der Waals surface area contributed by atoms with Gasteiger partial charge in [0.2, 0.25) is 15.9 Å². The number of esters is 1. The highest BCUT2D eigenvalue weighted by atomic mass is 32.2. The number of hydrogen-bond acceptors (Lipinski definition) is 15. The van der Waals surface area contributed by atoms with Crippen LogP contribution in [0.5, 0.6) is 5.75 Å². The number of carbonyl (C=O) groups is 5. The lowest BCUT2D eigenvalue weighted by Crippen LogP contribution is -2.51. The zero-order chi connectivity index (χ0) is 48.9. The second kappa shape index (κ2) is 26.9. The Morgan fingerprint density at radius 1 is 0.768 bits per heavy atom. The maximum atomic E-state index is 14.1. The zero-order valence-corrected chi connectivity index (χ0v) is 39.4. The van der Waals surface area contributed by atoms with E-state index in [-0.39, 0.29) is 43.1 Å². The van der Waals surface area contributed by atoms with Gasteiger partial charge in [0.15, 0.2) is 5.69 Å². The fourth-order valence-corrected chi connectivity index (χ4v) is 9.17. The number of nitrogens with one attached hydrogen (secondary N) is 3. The first-order valence-corrected chi connectivity index (χ1v) is 24.3. The molecule has 69 heavy (non-hydrogen) atoms. The van der Waals surface area contributed by atoms with Crippen LogP contribution in [0.2, 0.25) is 0 Å². The minimum atomic E-state index is -4.24. The fraction of sp³-hybridized carbons (Fsp3) is 0.468. The Labute approximate surface area is 401 Å². The molecule has 0 saturated carbocycles. The van der Waals surface area contributed by atoms with Crippen LogP contribution in [-0.2, 0) is 56.3 Å². The Morgan fingerprint density at radius 2 is 1.39 bits per heavy atom. The van der Waals surface area contributed by atoms with Crippen molar-refractivity contribution in [3.05, 3.63) is 108 Å². The molecule has 3 N–H and O–H groups in total. The summed E-state index contributed by atoms with van der Waals surface area (Å²) in [6.45, 7) is 4.34. The third kappa shape index (κ3) is 16.1. The Morgan fingerprint density at radius 3 is 2.04 bits per heavy atom. The van der Waals surface area contributed by atoms with Crippen molar-refractivity contribution in [1.82, 2.24) is 40.1 Å². The van der Waals surface area contributed by atoms with E-state index in [0.29, 0.717) is 83.4 Å². The van der Waals surface area contributed by atoms with Crippen LogP contribution in [0, 0.1) is 0 Å². The summed E-state index contributed by atoms with van der Waals surface area (Å²) in [6.07, 6.45) is 3.41. The number of ether oxygens (including phenoxy) is 6. The van der Waals surface area contributed by atoms with E-state index >= 15 is 0 Å².